The minimum Gasteiger partial charge on any atom is -0.494 e. The Balaban J connectivity index is 1.72. The van der Waals surface area contributed by atoms with Gasteiger partial charge in [0.15, 0.2) is 0 Å². The van der Waals surface area contributed by atoms with Gasteiger partial charge in [0.25, 0.3) is 0 Å². The zero-order chi connectivity index (χ0) is 16.1. The Morgan fingerprint density at radius 2 is 1.74 bits per heavy atom. The highest BCUT2D eigenvalue weighted by Crippen LogP contribution is 2.24. The van der Waals surface area contributed by atoms with Gasteiger partial charge in [-0.3, -0.25) is 4.99 Å². The Bertz CT molecular complexity index is 789. The second-order valence-electron chi connectivity index (χ2n) is 4.89. The molecule has 2 aromatic carbocycles. The summed E-state index contributed by atoms with van der Waals surface area (Å²) in [5.41, 5.74) is 1.83. The third kappa shape index (κ3) is 4.02. The summed E-state index contributed by atoms with van der Waals surface area (Å²) in [6.45, 7) is 2.61. The van der Waals surface area contributed by atoms with Crippen molar-refractivity contribution in [2.75, 3.05) is 6.61 Å². The number of hydrogen-bond acceptors (Lipinski definition) is 3. The van der Waals surface area contributed by atoms with Crippen LogP contribution in [0, 0.1) is 0 Å². The van der Waals surface area contributed by atoms with Crippen LogP contribution in [0.25, 0.3) is 11.3 Å². The summed E-state index contributed by atoms with van der Waals surface area (Å²) in [7, 11) is 0. The molecule has 3 rings (SSSR count). The molecule has 0 amide bonds. The molecule has 0 aliphatic heterocycles. The molecule has 0 saturated heterocycles. The fourth-order valence-corrected chi connectivity index (χ4v) is 2.25. The molecule has 23 heavy (non-hydrogen) atoms. The first-order chi connectivity index (χ1) is 11.2. The van der Waals surface area contributed by atoms with Crippen LogP contribution < -0.4 is 4.74 Å². The Morgan fingerprint density at radius 3 is 2.43 bits per heavy atom. The monoisotopic (exact) mass is 325 g/mol. The molecule has 0 saturated carbocycles. The molecule has 0 N–H and O–H groups in total. The summed E-state index contributed by atoms with van der Waals surface area (Å²) in [6.07, 6.45) is 1.70. The first-order valence-electron chi connectivity index (χ1n) is 7.37. The lowest BCUT2D eigenvalue weighted by Gasteiger charge is -2.01. The smallest absolute Gasteiger partial charge is 0.145 e. The molecule has 0 radical (unpaired) electrons. The maximum absolute atomic E-state index is 5.89. The molecule has 3 aromatic rings. The van der Waals surface area contributed by atoms with Crippen molar-refractivity contribution in [3.05, 3.63) is 71.4 Å². The van der Waals surface area contributed by atoms with Crippen molar-refractivity contribution >= 4 is 23.5 Å². The minimum atomic E-state index is 0.655. The fourth-order valence-electron chi connectivity index (χ4n) is 2.12. The van der Waals surface area contributed by atoms with Gasteiger partial charge in [-0.05, 0) is 67.6 Å². The predicted molar refractivity (Wildman–Crippen MR) is 94.0 cm³/mol. The maximum Gasteiger partial charge on any atom is 0.145 e. The van der Waals surface area contributed by atoms with Gasteiger partial charge in [0.05, 0.1) is 18.5 Å². The molecule has 0 spiro atoms. The van der Waals surface area contributed by atoms with Gasteiger partial charge < -0.3 is 9.15 Å². The number of ether oxygens (including phenoxy) is 1. The van der Waals surface area contributed by atoms with Crippen LogP contribution in [-0.4, -0.2) is 12.8 Å². The molecule has 0 atom stereocenters. The van der Waals surface area contributed by atoms with Crippen LogP contribution in [0.1, 0.15) is 12.7 Å². The second kappa shape index (κ2) is 7.16. The quantitative estimate of drug-likeness (QED) is 0.560. The lowest BCUT2D eigenvalue weighted by Crippen LogP contribution is -1.89. The van der Waals surface area contributed by atoms with Crippen LogP contribution in [0.5, 0.6) is 5.75 Å². The normalized spacial score (nSPS) is 11.0. The third-order valence-corrected chi connectivity index (χ3v) is 3.50. The van der Waals surface area contributed by atoms with E-state index in [2.05, 4.69) is 4.99 Å². The summed E-state index contributed by atoms with van der Waals surface area (Å²) >= 11 is 5.89. The molecular formula is C19H16ClNO2. The van der Waals surface area contributed by atoms with Crippen molar-refractivity contribution in [2.45, 2.75) is 6.92 Å². The fraction of sp³-hybridized carbons (Fsp3) is 0.105. The number of furan rings is 1. The van der Waals surface area contributed by atoms with Gasteiger partial charge in [-0.25, -0.2) is 0 Å². The Hall–Kier alpha value is -2.52. The van der Waals surface area contributed by atoms with Crippen LogP contribution in [0.3, 0.4) is 0 Å². The topological polar surface area (TPSA) is 34.7 Å². The average molecular weight is 326 g/mol. The van der Waals surface area contributed by atoms with Crippen molar-refractivity contribution in [3.8, 4) is 17.1 Å². The van der Waals surface area contributed by atoms with E-state index >= 15 is 0 Å². The minimum absolute atomic E-state index is 0.655. The highest BCUT2D eigenvalue weighted by Gasteiger charge is 2.03. The molecule has 3 nitrogen and oxygen atoms in total. The molecule has 1 aromatic heterocycles. The van der Waals surface area contributed by atoms with Crippen molar-refractivity contribution in [1.82, 2.24) is 0 Å². The Labute approximate surface area is 140 Å². The standard InChI is InChI=1S/C19H16ClNO2/c1-2-22-17-9-7-16(8-10-17)21-13-18-11-12-19(23-18)14-3-5-15(20)6-4-14/h3-13H,2H2,1H3. The Kier molecular flexibility index (Phi) is 4.79. The highest BCUT2D eigenvalue weighted by atomic mass is 35.5. The molecule has 4 heteroatoms. The van der Waals surface area contributed by atoms with E-state index in [-0.39, 0.29) is 0 Å². The Morgan fingerprint density at radius 1 is 1.00 bits per heavy atom. The van der Waals surface area contributed by atoms with Crippen LogP contribution in [-0.2, 0) is 0 Å². The molecule has 0 unspecified atom stereocenters. The molecule has 0 bridgehead atoms. The molecule has 0 fully saturated rings. The summed E-state index contributed by atoms with van der Waals surface area (Å²) in [6, 6.07) is 19.0. The second-order valence-corrected chi connectivity index (χ2v) is 5.33. The number of hydrogen-bond donors (Lipinski definition) is 0. The number of halogens is 1. The largest absolute Gasteiger partial charge is 0.494 e. The van der Waals surface area contributed by atoms with Gasteiger partial charge in [0.1, 0.15) is 17.3 Å². The van der Waals surface area contributed by atoms with E-state index in [1.54, 1.807) is 6.21 Å². The van der Waals surface area contributed by atoms with Gasteiger partial charge in [0, 0.05) is 10.6 Å². The average Bonchev–Trinajstić information content (AvgIpc) is 3.04. The zero-order valence-electron chi connectivity index (χ0n) is 12.7. The summed E-state index contributed by atoms with van der Waals surface area (Å²) in [5, 5.41) is 0.706. The van der Waals surface area contributed by atoms with E-state index in [4.69, 9.17) is 20.8 Å². The van der Waals surface area contributed by atoms with E-state index in [1.165, 1.54) is 0 Å². The van der Waals surface area contributed by atoms with Gasteiger partial charge in [-0.15, -0.1) is 0 Å². The van der Waals surface area contributed by atoms with Crippen LogP contribution in [0.2, 0.25) is 5.02 Å². The lowest BCUT2D eigenvalue weighted by molar-refractivity contribution is 0.340. The number of aliphatic imine (C=N–C) groups is 1. The SMILES string of the molecule is CCOc1ccc(N=Cc2ccc(-c3ccc(Cl)cc3)o2)cc1. The molecule has 0 aliphatic carbocycles. The number of benzene rings is 2. The van der Waals surface area contributed by atoms with Gasteiger partial charge in [-0.2, -0.15) is 0 Å². The summed E-state index contributed by atoms with van der Waals surface area (Å²) in [4.78, 5) is 4.40. The van der Waals surface area contributed by atoms with E-state index in [0.717, 1.165) is 22.8 Å². The molecule has 116 valence electrons. The number of rotatable bonds is 5. The van der Waals surface area contributed by atoms with Crippen molar-refractivity contribution in [3.63, 3.8) is 0 Å². The molecule has 0 aliphatic rings. The number of nitrogens with zero attached hydrogens (tertiary/aromatic N) is 1. The first kappa shape index (κ1) is 15.4. The molecule has 1 heterocycles. The molecular weight excluding hydrogens is 310 g/mol. The summed E-state index contributed by atoms with van der Waals surface area (Å²) in [5.74, 6) is 2.33. The van der Waals surface area contributed by atoms with E-state index in [0.29, 0.717) is 17.4 Å². The van der Waals surface area contributed by atoms with Crippen LogP contribution in [0.4, 0.5) is 5.69 Å². The first-order valence-corrected chi connectivity index (χ1v) is 7.75. The third-order valence-electron chi connectivity index (χ3n) is 3.24. The van der Waals surface area contributed by atoms with Crippen LogP contribution >= 0.6 is 11.6 Å². The van der Waals surface area contributed by atoms with Crippen molar-refractivity contribution < 1.29 is 9.15 Å². The lowest BCUT2D eigenvalue weighted by atomic mass is 10.2. The van der Waals surface area contributed by atoms with E-state index in [9.17, 15) is 0 Å². The van der Waals surface area contributed by atoms with Gasteiger partial charge in [0.2, 0.25) is 0 Å². The van der Waals surface area contributed by atoms with E-state index < -0.39 is 0 Å². The highest BCUT2D eigenvalue weighted by molar-refractivity contribution is 6.30. The van der Waals surface area contributed by atoms with Crippen molar-refractivity contribution in [1.29, 1.82) is 0 Å². The zero-order valence-corrected chi connectivity index (χ0v) is 13.5. The summed E-state index contributed by atoms with van der Waals surface area (Å²) < 4.78 is 11.2. The van der Waals surface area contributed by atoms with Crippen molar-refractivity contribution in [2.24, 2.45) is 4.99 Å². The van der Waals surface area contributed by atoms with Gasteiger partial charge in [-0.1, -0.05) is 11.6 Å². The van der Waals surface area contributed by atoms with E-state index in [1.807, 2.05) is 67.6 Å². The van der Waals surface area contributed by atoms with Gasteiger partial charge >= 0.3 is 0 Å². The predicted octanol–water partition coefficient (Wildman–Crippen LogP) is 5.75. The maximum atomic E-state index is 5.89. The van der Waals surface area contributed by atoms with Crippen LogP contribution in [0.15, 0.2) is 70.1 Å².